The van der Waals surface area contributed by atoms with Crippen molar-refractivity contribution in [3.8, 4) is 5.88 Å². The molecule has 36 heavy (non-hydrogen) atoms. The van der Waals surface area contributed by atoms with E-state index >= 15 is 0 Å². The Kier molecular flexibility index (Phi) is 8.17. The van der Waals surface area contributed by atoms with Gasteiger partial charge in [0.05, 0.1) is 18.3 Å². The van der Waals surface area contributed by atoms with Crippen molar-refractivity contribution in [3.05, 3.63) is 47.9 Å². The van der Waals surface area contributed by atoms with Gasteiger partial charge in [-0.2, -0.15) is 0 Å². The average molecular weight is 497 g/mol. The first-order valence-electron chi connectivity index (χ1n) is 12.2. The highest BCUT2D eigenvalue weighted by atomic mass is 19.1. The molecule has 2 unspecified atom stereocenters. The highest BCUT2D eigenvalue weighted by molar-refractivity contribution is 6.02. The van der Waals surface area contributed by atoms with Crippen LogP contribution < -0.4 is 26.8 Å². The number of nitrogens with zero attached hydrogens (tertiary/aromatic N) is 2. The summed E-state index contributed by atoms with van der Waals surface area (Å²) in [4.78, 5) is 20.9. The Hall–Kier alpha value is -3.50. The smallest absolute Gasteiger partial charge is 0.252 e. The van der Waals surface area contributed by atoms with Crippen molar-refractivity contribution >= 4 is 34.0 Å². The number of anilines is 3. The number of carbonyl (C=O) groups is 1. The van der Waals surface area contributed by atoms with Crippen molar-refractivity contribution in [3.63, 3.8) is 0 Å². The van der Waals surface area contributed by atoms with Gasteiger partial charge in [-0.15, -0.1) is 0 Å². The molecule has 4 rings (SSSR count). The minimum atomic E-state index is -0.789. The molecule has 1 saturated carbocycles. The number of hydrogen-bond donors (Lipinski definition) is 4. The van der Waals surface area contributed by atoms with Crippen molar-refractivity contribution in [2.45, 2.75) is 57.2 Å². The number of carbonyl (C=O) groups excluding carboxylic acids is 1. The summed E-state index contributed by atoms with van der Waals surface area (Å²) in [5.74, 6) is -0.784. The molecule has 1 aliphatic rings. The number of hydrogen-bond acceptors (Lipinski definition) is 8. The fourth-order valence-corrected chi connectivity index (χ4v) is 4.36. The van der Waals surface area contributed by atoms with Crippen molar-refractivity contribution in [1.82, 2.24) is 9.97 Å². The predicted octanol–water partition coefficient (Wildman–Crippen LogP) is 4.10. The molecular formula is C26H33FN6O3. The van der Waals surface area contributed by atoms with E-state index in [2.05, 4.69) is 20.6 Å². The zero-order valence-electron chi connectivity index (χ0n) is 20.6. The number of aromatic nitrogens is 2. The van der Waals surface area contributed by atoms with Crippen LogP contribution in [0.4, 0.5) is 21.7 Å². The average Bonchev–Trinajstić information content (AvgIpc) is 2.87. The van der Waals surface area contributed by atoms with Crippen LogP contribution in [0.5, 0.6) is 5.88 Å². The topological polar surface area (TPSA) is 137 Å². The molecule has 0 spiro atoms. The summed E-state index contributed by atoms with van der Waals surface area (Å²) in [7, 11) is 1.66. The lowest BCUT2D eigenvalue weighted by Gasteiger charge is -2.30. The molecule has 1 fully saturated rings. The maximum atomic E-state index is 14.9. The molecule has 3 atom stereocenters. The molecule has 2 heterocycles. The number of rotatable bonds is 10. The van der Waals surface area contributed by atoms with Crippen LogP contribution >= 0.6 is 0 Å². The van der Waals surface area contributed by atoms with E-state index in [0.29, 0.717) is 24.6 Å². The Morgan fingerprint density at radius 2 is 2.03 bits per heavy atom. The van der Waals surface area contributed by atoms with Gasteiger partial charge in [0, 0.05) is 48.3 Å². The quantitative estimate of drug-likeness (QED) is 0.329. The van der Waals surface area contributed by atoms with Gasteiger partial charge in [-0.05, 0) is 44.0 Å². The number of halogens is 1. The zero-order valence-corrected chi connectivity index (χ0v) is 20.6. The highest BCUT2D eigenvalue weighted by Gasteiger charge is 2.24. The Morgan fingerprint density at radius 3 is 2.78 bits per heavy atom. The largest absolute Gasteiger partial charge is 0.477 e. The molecule has 1 aromatic carbocycles. The second-order valence-electron chi connectivity index (χ2n) is 9.10. The van der Waals surface area contributed by atoms with E-state index in [-0.39, 0.29) is 35.4 Å². The van der Waals surface area contributed by atoms with Gasteiger partial charge in [0.15, 0.2) is 11.6 Å². The van der Waals surface area contributed by atoms with E-state index in [4.69, 9.17) is 20.9 Å². The van der Waals surface area contributed by atoms with Crippen molar-refractivity contribution in [1.29, 1.82) is 0 Å². The molecule has 3 aromatic rings. The Balaban J connectivity index is 1.64. The van der Waals surface area contributed by atoms with Gasteiger partial charge in [0.1, 0.15) is 5.82 Å². The number of primary amides is 1. The van der Waals surface area contributed by atoms with E-state index in [0.717, 1.165) is 42.5 Å². The van der Waals surface area contributed by atoms with E-state index in [1.807, 2.05) is 31.2 Å². The summed E-state index contributed by atoms with van der Waals surface area (Å²) in [5.41, 5.74) is 12.4. The molecule has 0 radical (unpaired) electrons. The van der Waals surface area contributed by atoms with Crippen LogP contribution in [0.1, 0.15) is 49.4 Å². The van der Waals surface area contributed by atoms with Crippen LogP contribution in [-0.4, -0.2) is 47.8 Å². The van der Waals surface area contributed by atoms with Crippen molar-refractivity contribution < 1.29 is 18.7 Å². The van der Waals surface area contributed by atoms with Gasteiger partial charge < -0.3 is 31.6 Å². The lowest BCUT2D eigenvalue weighted by Crippen LogP contribution is -2.43. The van der Waals surface area contributed by atoms with Crippen molar-refractivity contribution in [2.24, 2.45) is 11.5 Å². The number of methoxy groups -OCH3 is 1. The molecule has 2 aromatic heterocycles. The van der Waals surface area contributed by atoms with Gasteiger partial charge in [0.2, 0.25) is 5.88 Å². The van der Waals surface area contributed by atoms with Gasteiger partial charge >= 0.3 is 0 Å². The first kappa shape index (κ1) is 25.6. The highest BCUT2D eigenvalue weighted by Crippen LogP contribution is 2.33. The van der Waals surface area contributed by atoms with Crippen molar-refractivity contribution in [2.75, 3.05) is 24.4 Å². The molecule has 0 bridgehead atoms. The van der Waals surface area contributed by atoms with Crippen LogP contribution in [-0.2, 0) is 4.74 Å². The second-order valence-corrected chi connectivity index (χ2v) is 9.10. The molecule has 192 valence electrons. The van der Waals surface area contributed by atoms with Crippen LogP contribution in [0.2, 0.25) is 0 Å². The van der Waals surface area contributed by atoms with Crippen LogP contribution in [0.15, 0.2) is 36.5 Å². The van der Waals surface area contributed by atoms with Crippen LogP contribution in [0.25, 0.3) is 10.8 Å². The molecule has 1 amide bonds. The molecule has 1 aliphatic carbocycles. The summed E-state index contributed by atoms with van der Waals surface area (Å²) in [6.45, 7) is 2.42. The molecular weight excluding hydrogens is 463 g/mol. The van der Waals surface area contributed by atoms with Gasteiger partial charge in [-0.1, -0.05) is 18.9 Å². The second kappa shape index (κ2) is 11.5. The van der Waals surface area contributed by atoms with E-state index < -0.39 is 11.7 Å². The number of amides is 1. The van der Waals surface area contributed by atoms with E-state index in [1.54, 1.807) is 13.3 Å². The summed E-state index contributed by atoms with van der Waals surface area (Å²) < 4.78 is 26.1. The lowest BCUT2D eigenvalue weighted by molar-refractivity contribution is 0.0950. The zero-order chi connectivity index (χ0) is 25.7. The summed E-state index contributed by atoms with van der Waals surface area (Å²) in [6.07, 6.45) is 6.18. The van der Waals surface area contributed by atoms with Crippen LogP contribution in [0, 0.1) is 5.82 Å². The standard InChI is InChI=1S/C26H33FN6O3/c1-15(35-2)11-13-36-26-17-6-5-9-21(16(17)10-12-30-26)31-24-18(23(29)34)14-19(27)25(33-24)32-22-8-4-3-7-20(22)28/h5-6,9-10,12,14-15,20,22H,3-4,7-8,11,13,28H2,1-2H3,(H2,29,34)(H2,31,32,33)/t15?,20?,22-/m1/s1. The number of nitrogens with one attached hydrogen (secondary N) is 2. The third-order valence-electron chi connectivity index (χ3n) is 6.57. The number of nitrogens with two attached hydrogens (primary N) is 2. The number of pyridine rings is 2. The Labute approximate surface area is 209 Å². The summed E-state index contributed by atoms with van der Waals surface area (Å²) in [5, 5.41) is 7.88. The Morgan fingerprint density at radius 1 is 1.22 bits per heavy atom. The van der Waals surface area contributed by atoms with Gasteiger partial charge in [-0.25, -0.2) is 14.4 Å². The molecule has 0 saturated heterocycles. The molecule has 0 aliphatic heterocycles. The summed E-state index contributed by atoms with van der Waals surface area (Å²) in [6, 6.07) is 8.31. The van der Waals surface area contributed by atoms with E-state index in [9.17, 15) is 9.18 Å². The number of fused-ring (bicyclic) bond motifs is 1. The fourth-order valence-electron chi connectivity index (χ4n) is 4.36. The van der Waals surface area contributed by atoms with Gasteiger partial charge in [-0.3, -0.25) is 4.79 Å². The summed E-state index contributed by atoms with van der Waals surface area (Å²) >= 11 is 0. The minimum absolute atomic E-state index is 0.0306. The Bertz CT molecular complexity index is 1220. The number of benzene rings is 1. The monoisotopic (exact) mass is 496 g/mol. The molecule has 6 N–H and O–H groups in total. The fraction of sp³-hybridized carbons (Fsp3) is 0.423. The maximum absolute atomic E-state index is 14.9. The van der Waals surface area contributed by atoms with Crippen LogP contribution in [0.3, 0.4) is 0 Å². The first-order valence-corrected chi connectivity index (χ1v) is 12.2. The SMILES string of the molecule is COC(C)CCOc1nccc2c(Nc3nc(N[C@@H]4CCCCC4N)c(F)cc3C(N)=O)cccc12. The predicted molar refractivity (Wildman–Crippen MR) is 138 cm³/mol. The normalized spacial score (nSPS) is 18.6. The lowest BCUT2D eigenvalue weighted by atomic mass is 9.91. The third kappa shape index (κ3) is 5.83. The first-order chi connectivity index (χ1) is 17.4. The number of ether oxygens (including phenoxy) is 2. The maximum Gasteiger partial charge on any atom is 0.252 e. The third-order valence-corrected chi connectivity index (χ3v) is 6.57. The molecule has 9 nitrogen and oxygen atoms in total. The molecule has 10 heteroatoms. The van der Waals surface area contributed by atoms with E-state index in [1.165, 1.54) is 0 Å². The van der Waals surface area contributed by atoms with Gasteiger partial charge in [0.25, 0.3) is 5.91 Å². The minimum Gasteiger partial charge on any atom is -0.477 e.